The largest absolute Gasteiger partial charge is 0.356 e. The third-order valence-electron chi connectivity index (χ3n) is 2.56. The number of halogens is 1. The van der Waals surface area contributed by atoms with Gasteiger partial charge in [-0.2, -0.15) is 0 Å². The van der Waals surface area contributed by atoms with E-state index < -0.39 is 0 Å². The molecule has 0 radical (unpaired) electrons. The Labute approximate surface area is 105 Å². The van der Waals surface area contributed by atoms with Crippen LogP contribution in [0.25, 0.3) is 0 Å². The number of hydrogen-bond acceptors (Lipinski definition) is 3. The van der Waals surface area contributed by atoms with Crippen molar-refractivity contribution in [1.82, 2.24) is 9.97 Å². The quantitative estimate of drug-likeness (QED) is 0.782. The van der Waals surface area contributed by atoms with Crippen LogP contribution in [0.15, 0.2) is 12.5 Å². The molecule has 0 aliphatic heterocycles. The summed E-state index contributed by atoms with van der Waals surface area (Å²) in [6.45, 7) is 8.73. The lowest BCUT2D eigenvalue weighted by Crippen LogP contribution is -2.29. The molecule has 0 saturated heterocycles. The predicted octanol–water partition coefficient (Wildman–Crippen LogP) is 2.95. The van der Waals surface area contributed by atoms with E-state index in [1.807, 2.05) is 6.20 Å². The lowest BCUT2D eigenvalue weighted by molar-refractivity contribution is 0.545. The molecule has 0 amide bonds. The summed E-state index contributed by atoms with van der Waals surface area (Å²) < 4.78 is 1.13. The van der Waals surface area contributed by atoms with Crippen LogP contribution < -0.4 is 4.90 Å². The van der Waals surface area contributed by atoms with E-state index in [1.54, 1.807) is 6.33 Å². The Balaban J connectivity index is 2.78. The van der Waals surface area contributed by atoms with Crippen LogP contribution in [0, 0.1) is 9.49 Å². The number of aromatic nitrogens is 2. The van der Waals surface area contributed by atoms with Crippen molar-refractivity contribution in [2.24, 2.45) is 5.92 Å². The van der Waals surface area contributed by atoms with Gasteiger partial charge in [0.2, 0.25) is 0 Å². The van der Waals surface area contributed by atoms with E-state index in [4.69, 9.17) is 0 Å². The Morgan fingerprint density at radius 2 is 2.20 bits per heavy atom. The maximum Gasteiger partial charge on any atom is 0.145 e. The molecule has 1 rings (SSSR count). The maximum absolute atomic E-state index is 4.34. The molecule has 4 heteroatoms. The average Bonchev–Trinajstić information content (AvgIpc) is 2.26. The van der Waals surface area contributed by atoms with E-state index in [2.05, 4.69) is 58.2 Å². The maximum atomic E-state index is 4.34. The smallest absolute Gasteiger partial charge is 0.145 e. The summed E-state index contributed by atoms with van der Waals surface area (Å²) in [7, 11) is 0. The average molecular weight is 319 g/mol. The third-order valence-corrected chi connectivity index (χ3v) is 3.32. The number of hydrogen-bond donors (Lipinski definition) is 0. The molecule has 1 unspecified atom stereocenters. The van der Waals surface area contributed by atoms with Gasteiger partial charge in [0.25, 0.3) is 0 Å². The van der Waals surface area contributed by atoms with E-state index >= 15 is 0 Å². The first-order chi connectivity index (χ1) is 7.19. The summed E-state index contributed by atoms with van der Waals surface area (Å²) in [6.07, 6.45) is 4.69. The Morgan fingerprint density at radius 3 is 2.73 bits per heavy atom. The highest BCUT2D eigenvalue weighted by molar-refractivity contribution is 14.1. The second-order valence-electron chi connectivity index (χ2n) is 3.75. The van der Waals surface area contributed by atoms with Crippen molar-refractivity contribution in [3.63, 3.8) is 0 Å². The normalized spacial score (nSPS) is 12.5. The minimum atomic E-state index is 0.704. The van der Waals surface area contributed by atoms with E-state index in [0.29, 0.717) is 5.92 Å². The van der Waals surface area contributed by atoms with Crippen LogP contribution in [-0.2, 0) is 0 Å². The van der Waals surface area contributed by atoms with Gasteiger partial charge >= 0.3 is 0 Å². The Bertz CT molecular complexity index is 304. The van der Waals surface area contributed by atoms with Crippen LogP contribution in [0.4, 0.5) is 5.82 Å². The van der Waals surface area contributed by atoms with Crippen molar-refractivity contribution in [3.05, 3.63) is 16.1 Å². The molecule has 0 aromatic carbocycles. The molecule has 84 valence electrons. The predicted molar refractivity (Wildman–Crippen MR) is 72.1 cm³/mol. The first kappa shape index (κ1) is 12.7. The highest BCUT2D eigenvalue weighted by Crippen LogP contribution is 2.19. The van der Waals surface area contributed by atoms with Crippen molar-refractivity contribution in [2.45, 2.75) is 27.2 Å². The van der Waals surface area contributed by atoms with Gasteiger partial charge in [-0.05, 0) is 35.4 Å². The molecular weight excluding hydrogens is 301 g/mol. The van der Waals surface area contributed by atoms with Crippen molar-refractivity contribution in [3.8, 4) is 0 Å². The van der Waals surface area contributed by atoms with Crippen LogP contribution >= 0.6 is 22.6 Å². The lowest BCUT2D eigenvalue weighted by Gasteiger charge is -2.25. The minimum absolute atomic E-state index is 0.704. The second-order valence-corrected chi connectivity index (χ2v) is 4.91. The van der Waals surface area contributed by atoms with Gasteiger partial charge in [0, 0.05) is 19.3 Å². The van der Waals surface area contributed by atoms with Crippen LogP contribution in [0.2, 0.25) is 0 Å². The highest BCUT2D eigenvalue weighted by atomic mass is 127. The van der Waals surface area contributed by atoms with Crippen molar-refractivity contribution < 1.29 is 0 Å². The molecule has 3 nitrogen and oxygen atoms in total. The van der Waals surface area contributed by atoms with Gasteiger partial charge in [-0.15, -0.1) is 0 Å². The van der Waals surface area contributed by atoms with E-state index in [-0.39, 0.29) is 0 Å². The van der Waals surface area contributed by atoms with Gasteiger partial charge in [0.1, 0.15) is 12.1 Å². The summed E-state index contributed by atoms with van der Waals surface area (Å²) >= 11 is 2.29. The Kier molecular flexibility index (Phi) is 5.28. The molecule has 0 fully saturated rings. The lowest BCUT2D eigenvalue weighted by atomic mass is 10.1. The molecule has 15 heavy (non-hydrogen) atoms. The van der Waals surface area contributed by atoms with Crippen LogP contribution in [0.5, 0.6) is 0 Å². The van der Waals surface area contributed by atoms with Crippen molar-refractivity contribution >= 4 is 28.4 Å². The molecule has 1 atom stereocenters. The summed E-state index contributed by atoms with van der Waals surface area (Å²) in [5.74, 6) is 1.77. The SMILES string of the molecule is CCC(C)CN(CC)c1ncncc1I. The summed E-state index contributed by atoms with van der Waals surface area (Å²) in [4.78, 5) is 10.7. The molecule has 0 aliphatic rings. The highest BCUT2D eigenvalue weighted by Gasteiger charge is 2.12. The monoisotopic (exact) mass is 319 g/mol. The molecule has 0 spiro atoms. The van der Waals surface area contributed by atoms with Crippen LogP contribution in [0.1, 0.15) is 27.2 Å². The van der Waals surface area contributed by atoms with Gasteiger partial charge in [-0.25, -0.2) is 9.97 Å². The van der Waals surface area contributed by atoms with Crippen LogP contribution in [-0.4, -0.2) is 23.1 Å². The van der Waals surface area contributed by atoms with E-state index in [1.165, 1.54) is 6.42 Å². The molecule has 1 heterocycles. The fourth-order valence-corrected chi connectivity index (χ4v) is 2.05. The molecule has 1 aromatic rings. The number of rotatable bonds is 5. The first-order valence-electron chi connectivity index (χ1n) is 5.39. The fraction of sp³-hybridized carbons (Fsp3) is 0.636. The van der Waals surface area contributed by atoms with Gasteiger partial charge in [0.15, 0.2) is 0 Å². The summed E-state index contributed by atoms with van der Waals surface area (Å²) in [5.41, 5.74) is 0. The zero-order valence-corrected chi connectivity index (χ0v) is 11.7. The third kappa shape index (κ3) is 3.59. The standard InChI is InChI=1S/C11H18IN3/c1-4-9(3)7-15(5-2)11-10(12)6-13-8-14-11/h6,8-9H,4-5,7H2,1-3H3. The Morgan fingerprint density at radius 1 is 1.47 bits per heavy atom. The fourth-order valence-electron chi connectivity index (χ4n) is 1.41. The number of anilines is 1. The summed E-state index contributed by atoms with van der Waals surface area (Å²) in [6, 6.07) is 0. The van der Waals surface area contributed by atoms with Gasteiger partial charge in [0.05, 0.1) is 3.57 Å². The first-order valence-corrected chi connectivity index (χ1v) is 6.47. The molecule has 0 aliphatic carbocycles. The zero-order chi connectivity index (χ0) is 11.3. The minimum Gasteiger partial charge on any atom is -0.356 e. The summed E-state index contributed by atoms with van der Waals surface area (Å²) in [5, 5.41) is 0. The molecule has 0 saturated carbocycles. The van der Waals surface area contributed by atoms with Gasteiger partial charge in [-0.1, -0.05) is 20.3 Å². The van der Waals surface area contributed by atoms with E-state index in [0.717, 1.165) is 22.5 Å². The van der Waals surface area contributed by atoms with E-state index in [9.17, 15) is 0 Å². The molecule has 0 bridgehead atoms. The zero-order valence-electron chi connectivity index (χ0n) is 9.57. The van der Waals surface area contributed by atoms with Crippen LogP contribution in [0.3, 0.4) is 0 Å². The van der Waals surface area contributed by atoms with Crippen molar-refractivity contribution in [2.75, 3.05) is 18.0 Å². The molecule has 1 aromatic heterocycles. The van der Waals surface area contributed by atoms with Crippen molar-refractivity contribution in [1.29, 1.82) is 0 Å². The molecular formula is C11H18IN3. The number of nitrogens with zero attached hydrogens (tertiary/aromatic N) is 3. The van der Waals surface area contributed by atoms with Gasteiger partial charge in [-0.3, -0.25) is 0 Å². The second kappa shape index (κ2) is 6.25. The Hall–Kier alpha value is -0.390. The van der Waals surface area contributed by atoms with Gasteiger partial charge < -0.3 is 4.90 Å². The topological polar surface area (TPSA) is 29.0 Å². The molecule has 0 N–H and O–H groups in total.